The highest BCUT2D eigenvalue weighted by atomic mass is 16.5. The number of benzene rings is 2. The summed E-state index contributed by atoms with van der Waals surface area (Å²) in [5.74, 6) is 0.354. The van der Waals surface area contributed by atoms with Crippen molar-refractivity contribution in [1.29, 1.82) is 0 Å². The van der Waals surface area contributed by atoms with Crippen molar-refractivity contribution in [2.45, 2.75) is 20.8 Å². The maximum atomic E-state index is 12.3. The highest BCUT2D eigenvalue weighted by Gasteiger charge is 2.27. The standard InChI is InChI=1S/C18H16O2/c1-11-12(2)17(13(11)3)18(19)20-16-10-6-8-14-7-4-5-9-15(14)16/h4-10H,1-3H3. The van der Waals surface area contributed by atoms with E-state index >= 15 is 0 Å². The minimum absolute atomic E-state index is 0.262. The predicted octanol–water partition coefficient (Wildman–Crippen LogP) is 4.41. The van der Waals surface area contributed by atoms with Gasteiger partial charge in [0.05, 0.1) is 5.57 Å². The van der Waals surface area contributed by atoms with Gasteiger partial charge in [-0.3, -0.25) is 0 Å². The highest BCUT2D eigenvalue weighted by molar-refractivity contribution is 6.01. The Hall–Kier alpha value is -2.35. The van der Waals surface area contributed by atoms with E-state index in [4.69, 9.17) is 4.74 Å². The van der Waals surface area contributed by atoms with Crippen LogP contribution in [0.5, 0.6) is 5.75 Å². The van der Waals surface area contributed by atoms with E-state index in [1.807, 2.05) is 63.2 Å². The molecule has 2 nitrogen and oxygen atoms in total. The zero-order valence-corrected chi connectivity index (χ0v) is 11.9. The molecule has 2 aromatic rings. The fraction of sp³-hybridized carbons (Fsp3) is 0.167. The van der Waals surface area contributed by atoms with Gasteiger partial charge in [-0.25, -0.2) is 4.79 Å². The number of hydrogen-bond acceptors (Lipinski definition) is 2. The van der Waals surface area contributed by atoms with Gasteiger partial charge in [0.25, 0.3) is 0 Å². The van der Waals surface area contributed by atoms with Crippen molar-refractivity contribution in [1.82, 2.24) is 0 Å². The van der Waals surface area contributed by atoms with Gasteiger partial charge >= 0.3 is 5.97 Å². The lowest BCUT2D eigenvalue weighted by molar-refractivity contribution is -0.129. The fourth-order valence-corrected chi connectivity index (χ4v) is 2.62. The summed E-state index contributed by atoms with van der Waals surface area (Å²) in [7, 11) is 0. The van der Waals surface area contributed by atoms with Gasteiger partial charge in [0.2, 0.25) is 0 Å². The van der Waals surface area contributed by atoms with E-state index in [1.165, 1.54) is 5.57 Å². The van der Waals surface area contributed by atoms with Gasteiger partial charge < -0.3 is 4.74 Å². The molecule has 1 aliphatic rings. The van der Waals surface area contributed by atoms with Crippen molar-refractivity contribution in [3.8, 4) is 5.75 Å². The minimum Gasteiger partial charge on any atom is -0.422 e. The highest BCUT2D eigenvalue weighted by Crippen LogP contribution is 2.36. The molecule has 0 saturated carbocycles. The number of carbonyl (C=O) groups is 1. The number of allylic oxidation sites excluding steroid dienone is 2. The second-order valence-electron chi connectivity index (χ2n) is 5.12. The molecule has 0 aromatic heterocycles. The summed E-state index contributed by atoms with van der Waals surface area (Å²) in [5.41, 5.74) is 3.98. The molecule has 0 heterocycles. The van der Waals surface area contributed by atoms with Crippen LogP contribution in [0, 0.1) is 0 Å². The van der Waals surface area contributed by atoms with Crippen LogP contribution < -0.4 is 4.74 Å². The summed E-state index contributed by atoms with van der Waals surface area (Å²) in [6, 6.07) is 13.6. The molecule has 0 fully saturated rings. The molecule has 100 valence electrons. The predicted molar refractivity (Wildman–Crippen MR) is 80.7 cm³/mol. The van der Waals surface area contributed by atoms with E-state index in [0.29, 0.717) is 5.75 Å². The molecule has 0 radical (unpaired) electrons. The molecule has 1 aliphatic carbocycles. The van der Waals surface area contributed by atoms with Gasteiger partial charge in [0.1, 0.15) is 5.75 Å². The topological polar surface area (TPSA) is 26.3 Å². The van der Waals surface area contributed by atoms with Crippen molar-refractivity contribution in [3.63, 3.8) is 0 Å². The number of ether oxygens (including phenoxy) is 1. The molecular formula is C18H16O2. The van der Waals surface area contributed by atoms with Gasteiger partial charge in [-0.05, 0) is 48.9 Å². The van der Waals surface area contributed by atoms with Gasteiger partial charge in [-0.2, -0.15) is 0 Å². The van der Waals surface area contributed by atoms with E-state index in [9.17, 15) is 4.79 Å². The SMILES string of the molecule is CC1=C(C)C(C(=O)Oc2cccc3ccccc23)=C1C. The van der Waals surface area contributed by atoms with Crippen LogP contribution in [0.15, 0.2) is 64.8 Å². The smallest absolute Gasteiger partial charge is 0.344 e. The first-order chi connectivity index (χ1) is 9.59. The molecule has 0 unspecified atom stereocenters. The molecule has 20 heavy (non-hydrogen) atoms. The largest absolute Gasteiger partial charge is 0.422 e. The second kappa shape index (κ2) is 4.64. The van der Waals surface area contributed by atoms with Crippen LogP contribution in [0.2, 0.25) is 0 Å². The maximum Gasteiger partial charge on any atom is 0.344 e. The summed E-state index contributed by atoms with van der Waals surface area (Å²) in [5, 5.41) is 2.03. The van der Waals surface area contributed by atoms with Gasteiger partial charge in [-0.15, -0.1) is 0 Å². The first kappa shape index (κ1) is 12.7. The quantitative estimate of drug-likeness (QED) is 0.593. The summed E-state index contributed by atoms with van der Waals surface area (Å²) in [6.07, 6.45) is 0. The van der Waals surface area contributed by atoms with E-state index in [2.05, 4.69) is 0 Å². The first-order valence-corrected chi connectivity index (χ1v) is 6.68. The van der Waals surface area contributed by atoms with Crippen molar-refractivity contribution in [2.75, 3.05) is 0 Å². The minimum atomic E-state index is -0.262. The molecule has 0 saturated heterocycles. The monoisotopic (exact) mass is 264 g/mol. The summed E-state index contributed by atoms with van der Waals surface area (Å²) < 4.78 is 5.59. The first-order valence-electron chi connectivity index (χ1n) is 6.68. The normalized spacial score (nSPS) is 14.6. The maximum absolute atomic E-state index is 12.3. The van der Waals surface area contributed by atoms with Gasteiger partial charge in [0.15, 0.2) is 0 Å². The van der Waals surface area contributed by atoms with Crippen LogP contribution in [0.1, 0.15) is 20.8 Å². The summed E-state index contributed by atoms with van der Waals surface area (Å²) >= 11 is 0. The molecule has 0 spiro atoms. The average Bonchev–Trinajstić information content (AvgIpc) is 2.47. The lowest BCUT2D eigenvalue weighted by Crippen LogP contribution is -2.20. The summed E-state index contributed by atoms with van der Waals surface area (Å²) in [6.45, 7) is 5.95. The van der Waals surface area contributed by atoms with Crippen LogP contribution >= 0.6 is 0 Å². The third kappa shape index (κ3) is 1.85. The number of esters is 1. The van der Waals surface area contributed by atoms with Crippen molar-refractivity contribution >= 4 is 16.7 Å². The lowest BCUT2D eigenvalue weighted by Gasteiger charge is -2.23. The second-order valence-corrected chi connectivity index (χ2v) is 5.12. The Labute approximate surface area is 118 Å². The van der Waals surface area contributed by atoms with Crippen LogP contribution in [-0.2, 0) is 4.79 Å². The molecule has 0 atom stereocenters. The van der Waals surface area contributed by atoms with E-state index in [-0.39, 0.29) is 5.97 Å². The Morgan fingerprint density at radius 3 is 2.30 bits per heavy atom. The molecular weight excluding hydrogens is 248 g/mol. The number of carbonyl (C=O) groups excluding carboxylic acids is 1. The van der Waals surface area contributed by atoms with Crippen LogP contribution in [0.3, 0.4) is 0 Å². The third-order valence-corrected chi connectivity index (χ3v) is 4.03. The molecule has 2 aromatic carbocycles. The van der Waals surface area contributed by atoms with Crippen LogP contribution in [-0.4, -0.2) is 5.97 Å². The Balaban J connectivity index is 1.94. The molecule has 3 rings (SSSR count). The van der Waals surface area contributed by atoms with Gasteiger partial charge in [0, 0.05) is 5.39 Å². The summed E-state index contributed by atoms with van der Waals surface area (Å²) in [4.78, 5) is 12.3. The lowest BCUT2D eigenvalue weighted by atomic mass is 9.83. The van der Waals surface area contributed by atoms with Crippen molar-refractivity contribution < 1.29 is 9.53 Å². The number of fused-ring (bicyclic) bond motifs is 1. The Kier molecular flexibility index (Phi) is 2.94. The molecule has 0 bridgehead atoms. The average molecular weight is 264 g/mol. The van der Waals surface area contributed by atoms with E-state index < -0.39 is 0 Å². The Morgan fingerprint density at radius 2 is 1.55 bits per heavy atom. The molecule has 0 amide bonds. The molecule has 2 heteroatoms. The van der Waals surface area contributed by atoms with E-state index in [1.54, 1.807) is 0 Å². The van der Waals surface area contributed by atoms with Crippen molar-refractivity contribution in [3.05, 3.63) is 64.8 Å². The van der Waals surface area contributed by atoms with Crippen molar-refractivity contribution in [2.24, 2.45) is 0 Å². The number of hydrogen-bond donors (Lipinski definition) is 0. The van der Waals surface area contributed by atoms with E-state index in [0.717, 1.165) is 27.5 Å². The van der Waals surface area contributed by atoms with Crippen LogP contribution in [0.25, 0.3) is 10.8 Å². The molecule has 0 N–H and O–H groups in total. The Morgan fingerprint density at radius 1 is 0.850 bits per heavy atom. The third-order valence-electron chi connectivity index (χ3n) is 4.03. The number of rotatable bonds is 2. The van der Waals surface area contributed by atoms with Gasteiger partial charge in [-0.1, -0.05) is 36.4 Å². The Bertz CT molecular complexity index is 774. The zero-order valence-electron chi connectivity index (χ0n) is 11.9. The molecule has 0 aliphatic heterocycles. The van der Waals surface area contributed by atoms with Crippen LogP contribution in [0.4, 0.5) is 0 Å². The zero-order chi connectivity index (χ0) is 14.3. The fourth-order valence-electron chi connectivity index (χ4n) is 2.62.